The average Bonchev–Trinajstić information content (AvgIpc) is 2.87. The van der Waals surface area contributed by atoms with E-state index in [1.807, 2.05) is 18.2 Å². The number of nitrogens with one attached hydrogen (secondary N) is 1. The van der Waals surface area contributed by atoms with E-state index in [1.54, 1.807) is 12.4 Å². The summed E-state index contributed by atoms with van der Waals surface area (Å²) in [5, 5.41) is 0. The second-order valence-electron chi connectivity index (χ2n) is 4.56. The van der Waals surface area contributed by atoms with Crippen molar-refractivity contribution in [1.29, 1.82) is 0 Å². The van der Waals surface area contributed by atoms with Gasteiger partial charge in [0.15, 0.2) is 11.5 Å². The van der Waals surface area contributed by atoms with E-state index in [-0.39, 0.29) is 0 Å². The van der Waals surface area contributed by atoms with E-state index in [2.05, 4.69) is 15.0 Å². The molecule has 0 saturated heterocycles. The van der Waals surface area contributed by atoms with Crippen LogP contribution in [0.5, 0.6) is 11.5 Å². The Morgan fingerprint density at radius 1 is 1.15 bits per heavy atom. The Hall–Kier alpha value is -2.76. The van der Waals surface area contributed by atoms with E-state index in [0.29, 0.717) is 24.7 Å². The molecule has 1 aromatic carbocycles. The number of fused-ring (bicyclic) bond motifs is 2. The fourth-order valence-electron chi connectivity index (χ4n) is 2.30. The van der Waals surface area contributed by atoms with E-state index >= 15 is 0 Å². The second kappa shape index (κ2) is 4.12. The summed E-state index contributed by atoms with van der Waals surface area (Å²) in [6.07, 6.45) is 3.30. The minimum atomic E-state index is 0.563. The number of aromatic amines is 1. The predicted octanol–water partition coefficient (Wildman–Crippen LogP) is 1.98. The molecule has 20 heavy (non-hydrogen) atoms. The molecule has 3 aromatic rings. The molecule has 0 aliphatic carbocycles. The van der Waals surface area contributed by atoms with Gasteiger partial charge >= 0.3 is 0 Å². The number of aromatic nitrogens is 3. The number of pyridine rings is 1. The monoisotopic (exact) mass is 268 g/mol. The molecular weight excluding hydrogens is 256 g/mol. The number of H-pyrrole nitrogens is 1. The normalized spacial score (nSPS) is 13.6. The number of nitrogens with two attached hydrogens (primary N) is 1. The SMILES string of the molecule is Nc1cnccc1-c1nc2cc3c(cc2[nH]1)OCCO3. The fraction of sp³-hybridized carbons (Fsp3) is 0.143. The minimum Gasteiger partial charge on any atom is -0.486 e. The topological polar surface area (TPSA) is 86.1 Å². The molecule has 100 valence electrons. The number of hydrogen-bond acceptors (Lipinski definition) is 5. The number of rotatable bonds is 1. The standard InChI is InChI=1S/C14H12N4O2/c15-9-7-16-2-1-8(9)14-17-10-5-12-13(6-11(10)18-14)20-4-3-19-12/h1-2,5-7H,3-4,15H2,(H,17,18). The molecule has 2 aromatic heterocycles. The highest BCUT2D eigenvalue weighted by molar-refractivity contribution is 5.85. The summed E-state index contributed by atoms with van der Waals surface area (Å²) in [7, 11) is 0. The number of nitrogen functional groups attached to an aromatic ring is 1. The van der Waals surface area contributed by atoms with Crippen molar-refractivity contribution in [1.82, 2.24) is 15.0 Å². The van der Waals surface area contributed by atoms with Crippen molar-refractivity contribution < 1.29 is 9.47 Å². The maximum Gasteiger partial charge on any atom is 0.163 e. The highest BCUT2D eigenvalue weighted by Gasteiger charge is 2.15. The first-order chi connectivity index (χ1) is 9.81. The summed E-state index contributed by atoms with van der Waals surface area (Å²) in [5.41, 5.74) is 9.05. The van der Waals surface area contributed by atoms with Crippen LogP contribution >= 0.6 is 0 Å². The van der Waals surface area contributed by atoms with E-state index in [4.69, 9.17) is 15.2 Å². The molecule has 3 heterocycles. The maximum absolute atomic E-state index is 5.92. The predicted molar refractivity (Wildman–Crippen MR) is 74.7 cm³/mol. The molecule has 0 unspecified atom stereocenters. The van der Waals surface area contributed by atoms with Gasteiger partial charge in [-0.2, -0.15) is 0 Å². The van der Waals surface area contributed by atoms with Gasteiger partial charge in [0.1, 0.15) is 19.0 Å². The van der Waals surface area contributed by atoms with Gasteiger partial charge in [0.25, 0.3) is 0 Å². The van der Waals surface area contributed by atoms with Crippen LogP contribution < -0.4 is 15.2 Å². The third-order valence-electron chi connectivity index (χ3n) is 3.25. The highest BCUT2D eigenvalue weighted by Crippen LogP contribution is 2.35. The largest absolute Gasteiger partial charge is 0.486 e. The fourth-order valence-corrected chi connectivity index (χ4v) is 2.30. The second-order valence-corrected chi connectivity index (χ2v) is 4.56. The van der Waals surface area contributed by atoms with Gasteiger partial charge < -0.3 is 20.2 Å². The summed E-state index contributed by atoms with van der Waals surface area (Å²) < 4.78 is 11.1. The molecule has 0 saturated carbocycles. The number of nitrogens with zero attached hydrogens (tertiary/aromatic N) is 2. The Balaban J connectivity index is 1.89. The Kier molecular flexibility index (Phi) is 2.29. The molecule has 1 aliphatic rings. The molecule has 4 rings (SSSR count). The first kappa shape index (κ1) is 11.1. The van der Waals surface area contributed by atoms with Crippen LogP contribution in [0.15, 0.2) is 30.6 Å². The Morgan fingerprint density at radius 2 is 1.95 bits per heavy atom. The van der Waals surface area contributed by atoms with Gasteiger partial charge in [-0.15, -0.1) is 0 Å². The molecule has 0 atom stereocenters. The molecule has 6 heteroatoms. The number of benzene rings is 1. The molecule has 0 radical (unpaired) electrons. The molecule has 0 bridgehead atoms. The van der Waals surface area contributed by atoms with Crippen LogP contribution in [0, 0.1) is 0 Å². The lowest BCUT2D eigenvalue weighted by Crippen LogP contribution is -2.15. The first-order valence-electron chi connectivity index (χ1n) is 6.30. The minimum absolute atomic E-state index is 0.563. The van der Waals surface area contributed by atoms with Crippen LogP contribution in [0.4, 0.5) is 5.69 Å². The third kappa shape index (κ3) is 1.65. The van der Waals surface area contributed by atoms with Crippen molar-refractivity contribution in [3.63, 3.8) is 0 Å². The van der Waals surface area contributed by atoms with Crippen LogP contribution in [-0.4, -0.2) is 28.2 Å². The summed E-state index contributed by atoms with van der Waals surface area (Å²) in [4.78, 5) is 11.8. The number of hydrogen-bond donors (Lipinski definition) is 2. The zero-order chi connectivity index (χ0) is 13.5. The summed E-state index contributed by atoms with van der Waals surface area (Å²) >= 11 is 0. The van der Waals surface area contributed by atoms with Gasteiger partial charge in [-0.25, -0.2) is 4.98 Å². The average molecular weight is 268 g/mol. The molecule has 6 nitrogen and oxygen atoms in total. The zero-order valence-corrected chi connectivity index (χ0v) is 10.6. The van der Waals surface area contributed by atoms with Gasteiger partial charge in [-0.3, -0.25) is 4.98 Å². The van der Waals surface area contributed by atoms with Gasteiger partial charge in [-0.1, -0.05) is 0 Å². The Morgan fingerprint density at radius 3 is 2.75 bits per heavy atom. The Labute approximate surface area is 114 Å². The van der Waals surface area contributed by atoms with Crippen LogP contribution in [0.3, 0.4) is 0 Å². The van der Waals surface area contributed by atoms with Crippen LogP contribution in [0.1, 0.15) is 0 Å². The van der Waals surface area contributed by atoms with Crippen molar-refractivity contribution >= 4 is 16.7 Å². The quantitative estimate of drug-likeness (QED) is 0.704. The lowest BCUT2D eigenvalue weighted by molar-refractivity contribution is 0.172. The smallest absolute Gasteiger partial charge is 0.163 e. The lowest BCUT2D eigenvalue weighted by atomic mass is 10.2. The van der Waals surface area contributed by atoms with Gasteiger partial charge in [0, 0.05) is 23.9 Å². The van der Waals surface area contributed by atoms with E-state index < -0.39 is 0 Å². The van der Waals surface area contributed by atoms with Crippen LogP contribution in [0.2, 0.25) is 0 Å². The number of ether oxygens (including phenoxy) is 2. The molecule has 3 N–H and O–H groups in total. The van der Waals surface area contributed by atoms with Crippen LogP contribution in [-0.2, 0) is 0 Å². The van der Waals surface area contributed by atoms with E-state index in [1.165, 1.54) is 0 Å². The number of anilines is 1. The van der Waals surface area contributed by atoms with Gasteiger partial charge in [0.05, 0.1) is 22.9 Å². The molecule has 0 spiro atoms. The lowest BCUT2D eigenvalue weighted by Gasteiger charge is -2.17. The van der Waals surface area contributed by atoms with Crippen molar-refractivity contribution in [3.05, 3.63) is 30.6 Å². The Bertz CT molecular complexity index is 754. The van der Waals surface area contributed by atoms with Crippen molar-refractivity contribution in [2.24, 2.45) is 0 Å². The molecule has 1 aliphatic heterocycles. The first-order valence-corrected chi connectivity index (χ1v) is 6.30. The van der Waals surface area contributed by atoms with E-state index in [0.717, 1.165) is 28.1 Å². The van der Waals surface area contributed by atoms with Crippen LogP contribution in [0.25, 0.3) is 22.4 Å². The maximum atomic E-state index is 5.92. The summed E-state index contributed by atoms with van der Waals surface area (Å²) in [5.74, 6) is 2.17. The highest BCUT2D eigenvalue weighted by atomic mass is 16.6. The van der Waals surface area contributed by atoms with Gasteiger partial charge in [-0.05, 0) is 6.07 Å². The van der Waals surface area contributed by atoms with Crippen molar-refractivity contribution in [2.45, 2.75) is 0 Å². The number of imidazole rings is 1. The third-order valence-corrected chi connectivity index (χ3v) is 3.25. The van der Waals surface area contributed by atoms with Crippen molar-refractivity contribution in [3.8, 4) is 22.9 Å². The van der Waals surface area contributed by atoms with E-state index in [9.17, 15) is 0 Å². The zero-order valence-electron chi connectivity index (χ0n) is 10.6. The van der Waals surface area contributed by atoms with Crippen molar-refractivity contribution in [2.75, 3.05) is 18.9 Å². The summed E-state index contributed by atoms with van der Waals surface area (Å²) in [6, 6.07) is 5.61. The molecular formula is C14H12N4O2. The molecule has 0 fully saturated rings. The molecule has 0 amide bonds. The van der Waals surface area contributed by atoms with Gasteiger partial charge in [0.2, 0.25) is 0 Å². The summed E-state index contributed by atoms with van der Waals surface area (Å²) in [6.45, 7) is 1.13.